The van der Waals surface area contributed by atoms with Gasteiger partial charge in [-0.25, -0.2) is 4.98 Å². The molecule has 0 aliphatic carbocycles. The second-order valence-corrected chi connectivity index (χ2v) is 26.9. The molecule has 34 heteroatoms. The van der Waals surface area contributed by atoms with E-state index in [1.54, 1.807) is 71.9 Å². The number of hydrogen-bond acceptors (Lipinski definition) is 19. The Labute approximate surface area is 579 Å². The van der Waals surface area contributed by atoms with Crippen LogP contribution < -0.4 is 75.7 Å². The number of aromatic nitrogens is 2. The van der Waals surface area contributed by atoms with Crippen LogP contribution in [0.25, 0.3) is 0 Å². The Morgan fingerprint density at radius 1 is 0.677 bits per heavy atom. The van der Waals surface area contributed by atoms with Crippen molar-refractivity contribution in [2.24, 2.45) is 45.9 Å². The van der Waals surface area contributed by atoms with Crippen LogP contribution in [0.15, 0.2) is 47.8 Å². The number of carbonyl (C=O) groups is 14. The topological polar surface area (TPSA) is 531 Å². The van der Waals surface area contributed by atoms with E-state index in [9.17, 15) is 77.3 Å². The zero-order valence-corrected chi connectivity index (χ0v) is 58.3. The van der Waals surface area contributed by atoms with Crippen LogP contribution in [0.4, 0.5) is 0 Å². The SMILES string of the molecule is CC[C@@H](C)[C@H]1NC(=O)[C@@H](CCCN)NC(=O)[C@@H](NC(=O)[C@H](NC(=O)[C@@H](CCC(=O)O)NC(=O)[C@@H](CC(C)C)NC(=O)[C@@H]2CSC([C@H](N)[C@@H](C)CC)=N2)C(C)C)CCCCNC(=O)[C@@H](CC(N)=O)NC(=O)[C@@H](CC(=O)O)NC(=O)[C@@H](Cc2cnc[nH]2)NC(=O)[C@@H](Cc2ccccc2)NC1=O. The second kappa shape index (κ2) is 41.4. The number of nitrogens with two attached hydrogens (primary N) is 3. The van der Waals surface area contributed by atoms with Gasteiger partial charge in [-0.15, -0.1) is 11.8 Å². The standard InChI is InChI=1S/C65H101N17O16S/c1-9-35(7)51(68)65-80-47(31-99-65)62(96)75-42(25-33(3)4)58(92)73-41(21-22-49(84)85)57(91)81-52(34(5)6)63(97)74-39-19-14-15-24-70-54(88)45(28-48(67)83)77-61(95)46(29-50(86)87)78-60(94)44(27-38-30-69-32-71-38)76-59(93)43(26-37-17-12-11-13-18-37)79-64(98)53(36(8)10-2)82-56(90)40(20-16-23-66)72-55(39)89/h11-13,17-18,30,32-36,39-47,51-53H,9-10,14-16,19-29,31,66,68H2,1-8H3,(H2,67,83)(H,69,71)(H,70,88)(H,72,89)(H,73,92)(H,74,97)(H,75,96)(H,76,93)(H,77,95)(H,78,94)(H,79,98)(H,81,91)(H,82,90)(H,84,85)(H,86,87)/t35-,36+,39-,40+,41+,42+,43+,44+,45+,46+,47-,51+,52+,53+/m0/s1. The van der Waals surface area contributed by atoms with Gasteiger partial charge in [0, 0.05) is 43.5 Å². The quantitative estimate of drug-likeness (QED) is 0.0400. The smallest absolute Gasteiger partial charge is 0.305 e. The molecule has 0 unspecified atom stereocenters. The van der Waals surface area contributed by atoms with Gasteiger partial charge in [-0.1, -0.05) is 98.6 Å². The molecule has 1 saturated heterocycles. The van der Waals surface area contributed by atoms with Crippen molar-refractivity contribution in [2.45, 2.75) is 218 Å². The maximum Gasteiger partial charge on any atom is 0.305 e. The van der Waals surface area contributed by atoms with Crippen LogP contribution >= 0.6 is 11.8 Å². The summed E-state index contributed by atoms with van der Waals surface area (Å²) >= 11 is 1.35. The highest BCUT2D eigenvalue weighted by molar-refractivity contribution is 8.14. The third-order valence-corrected chi connectivity index (χ3v) is 18.1. The fraction of sp³-hybridized carbons (Fsp3) is 0.631. The molecule has 2 aliphatic rings. The fourth-order valence-electron chi connectivity index (χ4n) is 10.7. The third kappa shape index (κ3) is 27.7. The van der Waals surface area contributed by atoms with Crippen molar-refractivity contribution in [3.63, 3.8) is 0 Å². The highest BCUT2D eigenvalue weighted by Crippen LogP contribution is 2.25. The minimum Gasteiger partial charge on any atom is -0.481 e. The van der Waals surface area contributed by atoms with Crippen molar-refractivity contribution in [2.75, 3.05) is 18.8 Å². The molecule has 3 heterocycles. The van der Waals surface area contributed by atoms with Gasteiger partial charge >= 0.3 is 11.9 Å². The first-order valence-corrected chi connectivity index (χ1v) is 34.5. The number of carboxylic acids is 2. The van der Waals surface area contributed by atoms with Crippen molar-refractivity contribution < 1.29 is 77.3 Å². The summed E-state index contributed by atoms with van der Waals surface area (Å²) in [5.74, 6) is -15.5. The summed E-state index contributed by atoms with van der Waals surface area (Å²) in [5.41, 5.74) is 18.7. The number of benzene rings is 1. The van der Waals surface area contributed by atoms with Gasteiger partial charge in [0.25, 0.3) is 0 Å². The maximum atomic E-state index is 14.8. The van der Waals surface area contributed by atoms with Gasteiger partial charge in [0.2, 0.25) is 70.9 Å². The number of amides is 12. The zero-order chi connectivity index (χ0) is 73.6. The molecule has 1 fully saturated rings. The van der Waals surface area contributed by atoms with Crippen LogP contribution in [0.3, 0.4) is 0 Å². The molecule has 2 aliphatic heterocycles. The highest BCUT2D eigenvalue weighted by atomic mass is 32.2. The number of aromatic amines is 1. The molecule has 12 amide bonds. The Morgan fingerprint density at radius 2 is 1.28 bits per heavy atom. The Bertz CT molecular complexity index is 3140. The molecule has 4 rings (SSSR count). The van der Waals surface area contributed by atoms with Gasteiger partial charge in [-0.2, -0.15) is 0 Å². The number of thioether (sulfide) groups is 1. The normalized spacial score (nSPS) is 23.0. The molecule has 99 heavy (non-hydrogen) atoms. The predicted molar refractivity (Wildman–Crippen MR) is 365 cm³/mol. The summed E-state index contributed by atoms with van der Waals surface area (Å²) in [4.78, 5) is 206. The average molecular weight is 1410 g/mol. The summed E-state index contributed by atoms with van der Waals surface area (Å²) < 4.78 is 0. The molecule has 20 N–H and O–H groups in total. The molecular weight excluding hydrogens is 1310 g/mol. The number of H-pyrrole nitrogens is 1. The summed E-state index contributed by atoms with van der Waals surface area (Å²) in [5, 5.41) is 48.8. The summed E-state index contributed by atoms with van der Waals surface area (Å²) in [6.45, 7) is 13.9. The molecule has 1 aromatic carbocycles. The second-order valence-electron chi connectivity index (χ2n) is 25.8. The van der Waals surface area contributed by atoms with E-state index in [-0.39, 0.29) is 88.5 Å². The first-order valence-electron chi connectivity index (χ1n) is 33.6. The summed E-state index contributed by atoms with van der Waals surface area (Å²) in [7, 11) is 0. The van der Waals surface area contributed by atoms with Crippen molar-refractivity contribution in [1.29, 1.82) is 0 Å². The predicted octanol–water partition coefficient (Wildman–Crippen LogP) is -2.07. The van der Waals surface area contributed by atoms with Gasteiger partial charge in [0.15, 0.2) is 0 Å². The lowest BCUT2D eigenvalue weighted by molar-refractivity contribution is -0.142. The number of aliphatic carboxylic acids is 2. The van der Waals surface area contributed by atoms with Crippen LogP contribution in [-0.4, -0.2) is 199 Å². The first kappa shape index (κ1) is 82.4. The first-order chi connectivity index (χ1) is 46.8. The minimum absolute atomic E-state index is 0.000468. The summed E-state index contributed by atoms with van der Waals surface area (Å²) in [6.07, 6.45) is 0.119. The number of carboxylic acid groups (broad SMARTS) is 2. The molecule has 0 saturated carbocycles. The fourth-order valence-corrected chi connectivity index (χ4v) is 11.9. The molecule has 14 atom stereocenters. The van der Waals surface area contributed by atoms with Crippen molar-refractivity contribution in [1.82, 2.24) is 68.5 Å². The van der Waals surface area contributed by atoms with Crippen LogP contribution in [0.5, 0.6) is 0 Å². The Hall–Kier alpha value is -9.05. The van der Waals surface area contributed by atoms with Crippen LogP contribution in [0, 0.1) is 23.7 Å². The van der Waals surface area contributed by atoms with Crippen LogP contribution in [0.2, 0.25) is 0 Å². The Kier molecular flexibility index (Phi) is 34.4. The Morgan fingerprint density at radius 3 is 1.87 bits per heavy atom. The molecular formula is C65H101N17O16S. The van der Waals surface area contributed by atoms with E-state index < -0.39 is 193 Å². The number of nitrogens with one attached hydrogen (secondary N) is 12. The lowest BCUT2D eigenvalue weighted by atomic mass is 9.96. The van der Waals surface area contributed by atoms with Gasteiger partial charge in [0.05, 0.1) is 30.3 Å². The molecule has 0 radical (unpaired) electrons. The summed E-state index contributed by atoms with van der Waals surface area (Å²) in [6, 6.07) is -8.36. The van der Waals surface area contributed by atoms with E-state index in [4.69, 9.17) is 17.2 Å². The number of imidazole rings is 1. The van der Waals surface area contributed by atoms with Crippen molar-refractivity contribution in [3.8, 4) is 0 Å². The molecule has 33 nitrogen and oxygen atoms in total. The van der Waals surface area contributed by atoms with E-state index in [1.165, 1.54) is 24.3 Å². The van der Waals surface area contributed by atoms with Crippen molar-refractivity contribution >= 4 is 99.6 Å². The monoisotopic (exact) mass is 1410 g/mol. The average Bonchev–Trinajstić information content (AvgIpc) is 1.66. The molecule has 548 valence electrons. The van der Waals surface area contributed by atoms with Crippen molar-refractivity contribution in [3.05, 3.63) is 54.1 Å². The maximum absolute atomic E-state index is 14.8. The number of rotatable bonds is 30. The molecule has 0 spiro atoms. The molecule has 0 bridgehead atoms. The largest absolute Gasteiger partial charge is 0.481 e. The number of nitrogens with zero attached hydrogens (tertiary/aromatic N) is 2. The van der Waals surface area contributed by atoms with Gasteiger partial charge in [-0.05, 0) is 80.7 Å². The third-order valence-electron chi connectivity index (χ3n) is 16.9. The number of carbonyl (C=O) groups excluding carboxylic acids is 12. The molecule has 2 aromatic rings. The van der Waals surface area contributed by atoms with Gasteiger partial charge in [0.1, 0.15) is 66.5 Å². The van der Waals surface area contributed by atoms with E-state index in [1.807, 2.05) is 13.8 Å². The number of aliphatic imine (C=N–C) groups is 1. The Balaban J connectivity index is 1.75. The zero-order valence-electron chi connectivity index (χ0n) is 57.4. The minimum atomic E-state index is -1.94. The van der Waals surface area contributed by atoms with E-state index >= 15 is 0 Å². The van der Waals surface area contributed by atoms with Gasteiger partial charge in [-0.3, -0.25) is 72.1 Å². The van der Waals surface area contributed by atoms with E-state index in [2.05, 4.69) is 73.4 Å². The van der Waals surface area contributed by atoms with E-state index in [0.29, 0.717) is 16.3 Å². The number of hydrogen-bond donors (Lipinski definition) is 17. The highest BCUT2D eigenvalue weighted by Gasteiger charge is 2.40. The lowest BCUT2D eigenvalue weighted by Crippen LogP contribution is -2.62. The number of primary amides is 1. The van der Waals surface area contributed by atoms with Crippen LogP contribution in [-0.2, 0) is 80.0 Å². The molecule has 1 aromatic heterocycles. The van der Waals surface area contributed by atoms with E-state index in [0.717, 1.165) is 6.42 Å². The van der Waals surface area contributed by atoms with Crippen LogP contribution in [0.1, 0.15) is 144 Å². The lowest BCUT2D eigenvalue weighted by Gasteiger charge is -2.30. The van der Waals surface area contributed by atoms with Gasteiger partial charge < -0.3 is 90.9 Å².